The van der Waals surface area contributed by atoms with E-state index in [0.717, 1.165) is 29.9 Å². The molecule has 0 bridgehead atoms. The number of nitrogens with zero attached hydrogens (tertiary/aromatic N) is 2. The van der Waals surface area contributed by atoms with Crippen LogP contribution in [0.5, 0.6) is 11.5 Å². The minimum absolute atomic E-state index is 0.0278. The fourth-order valence-electron chi connectivity index (χ4n) is 2.88. The lowest BCUT2D eigenvalue weighted by Gasteiger charge is -2.26. The Labute approximate surface area is 139 Å². The SMILES string of the molecule is COc1ccc(OC)c(C2CCCN2C(=O)Nc2nccs2)c1. The lowest BCUT2D eigenvalue weighted by atomic mass is 10.0. The summed E-state index contributed by atoms with van der Waals surface area (Å²) in [6, 6.07) is 5.52. The van der Waals surface area contributed by atoms with Gasteiger partial charge in [-0.05, 0) is 31.0 Å². The Balaban J connectivity index is 1.85. The van der Waals surface area contributed by atoms with E-state index < -0.39 is 0 Å². The Morgan fingerprint density at radius 1 is 1.39 bits per heavy atom. The number of carbonyl (C=O) groups excluding carboxylic acids is 1. The Hall–Kier alpha value is -2.28. The molecule has 1 aliphatic rings. The number of thiazole rings is 1. The molecule has 7 heteroatoms. The number of rotatable bonds is 4. The standard InChI is InChI=1S/C16H19N3O3S/c1-21-11-5-6-14(22-2)12(10-11)13-4-3-8-19(13)16(20)18-15-17-7-9-23-15/h5-7,9-10,13H,3-4,8H2,1-2H3,(H,17,18,20). The average molecular weight is 333 g/mol. The van der Waals surface area contributed by atoms with Crippen LogP contribution >= 0.6 is 11.3 Å². The summed E-state index contributed by atoms with van der Waals surface area (Å²) in [6.07, 6.45) is 3.53. The molecule has 1 aromatic heterocycles. The molecule has 1 saturated heterocycles. The van der Waals surface area contributed by atoms with Crippen molar-refractivity contribution < 1.29 is 14.3 Å². The summed E-state index contributed by atoms with van der Waals surface area (Å²) in [5, 5.41) is 5.30. The zero-order valence-electron chi connectivity index (χ0n) is 13.1. The maximum Gasteiger partial charge on any atom is 0.324 e. The normalized spacial score (nSPS) is 17.1. The van der Waals surface area contributed by atoms with E-state index in [2.05, 4.69) is 10.3 Å². The van der Waals surface area contributed by atoms with Gasteiger partial charge in [-0.25, -0.2) is 9.78 Å². The second-order valence-electron chi connectivity index (χ2n) is 5.23. The molecule has 1 fully saturated rings. The van der Waals surface area contributed by atoms with E-state index in [4.69, 9.17) is 9.47 Å². The molecule has 0 aliphatic carbocycles. The molecule has 1 aromatic carbocycles. The van der Waals surface area contributed by atoms with Gasteiger partial charge in [-0.1, -0.05) is 0 Å². The minimum Gasteiger partial charge on any atom is -0.497 e. The molecular formula is C16H19N3O3S. The van der Waals surface area contributed by atoms with Crippen LogP contribution in [0.3, 0.4) is 0 Å². The molecule has 0 spiro atoms. The first-order valence-electron chi connectivity index (χ1n) is 7.42. The molecule has 2 heterocycles. The summed E-state index contributed by atoms with van der Waals surface area (Å²) < 4.78 is 10.8. The smallest absolute Gasteiger partial charge is 0.324 e. The van der Waals surface area contributed by atoms with Crippen LogP contribution in [0.2, 0.25) is 0 Å². The van der Waals surface area contributed by atoms with Crippen LogP contribution in [0, 0.1) is 0 Å². The average Bonchev–Trinajstić information content (AvgIpc) is 3.25. The zero-order valence-corrected chi connectivity index (χ0v) is 13.9. The minimum atomic E-state index is -0.132. The molecule has 1 atom stereocenters. The van der Waals surface area contributed by atoms with Gasteiger partial charge in [0.15, 0.2) is 5.13 Å². The first kappa shape index (κ1) is 15.6. The molecule has 2 aromatic rings. The largest absolute Gasteiger partial charge is 0.497 e. The summed E-state index contributed by atoms with van der Waals surface area (Å²) >= 11 is 1.41. The Bertz CT molecular complexity index is 675. The summed E-state index contributed by atoms with van der Waals surface area (Å²) in [4.78, 5) is 18.5. The van der Waals surface area contributed by atoms with E-state index in [1.165, 1.54) is 11.3 Å². The molecule has 23 heavy (non-hydrogen) atoms. The van der Waals surface area contributed by atoms with E-state index in [1.807, 2.05) is 28.5 Å². The van der Waals surface area contributed by atoms with Crippen molar-refractivity contribution >= 4 is 22.5 Å². The van der Waals surface area contributed by atoms with Crippen LogP contribution in [0.15, 0.2) is 29.8 Å². The zero-order chi connectivity index (χ0) is 16.2. The summed E-state index contributed by atoms with van der Waals surface area (Å²) in [5.41, 5.74) is 0.971. The van der Waals surface area contributed by atoms with Gasteiger partial charge in [0.1, 0.15) is 11.5 Å². The third-order valence-corrected chi connectivity index (χ3v) is 4.64. The van der Waals surface area contributed by atoms with Crippen LogP contribution in [0.1, 0.15) is 24.4 Å². The number of methoxy groups -OCH3 is 2. The van der Waals surface area contributed by atoms with E-state index in [1.54, 1.807) is 20.4 Å². The van der Waals surface area contributed by atoms with Crippen molar-refractivity contribution in [2.45, 2.75) is 18.9 Å². The van der Waals surface area contributed by atoms with Gasteiger partial charge in [-0.15, -0.1) is 11.3 Å². The molecule has 0 saturated carbocycles. The molecule has 3 rings (SSSR count). The quantitative estimate of drug-likeness (QED) is 0.930. The molecule has 122 valence electrons. The first-order chi connectivity index (χ1) is 11.2. The Morgan fingerprint density at radius 3 is 2.96 bits per heavy atom. The van der Waals surface area contributed by atoms with E-state index in [0.29, 0.717) is 11.7 Å². The van der Waals surface area contributed by atoms with E-state index >= 15 is 0 Å². The molecule has 1 N–H and O–H groups in total. The molecule has 1 aliphatic heterocycles. The highest BCUT2D eigenvalue weighted by Crippen LogP contribution is 2.39. The van der Waals surface area contributed by atoms with Gasteiger partial charge in [0, 0.05) is 23.7 Å². The van der Waals surface area contributed by atoms with Crippen molar-refractivity contribution in [3.8, 4) is 11.5 Å². The second kappa shape index (κ2) is 6.87. The van der Waals surface area contributed by atoms with Crippen molar-refractivity contribution in [2.24, 2.45) is 0 Å². The maximum absolute atomic E-state index is 12.6. The fourth-order valence-corrected chi connectivity index (χ4v) is 3.40. The topological polar surface area (TPSA) is 63.7 Å². The summed E-state index contributed by atoms with van der Waals surface area (Å²) in [6.45, 7) is 0.711. The van der Waals surface area contributed by atoms with Crippen molar-refractivity contribution in [2.75, 3.05) is 26.1 Å². The van der Waals surface area contributed by atoms with Gasteiger partial charge >= 0.3 is 6.03 Å². The number of benzene rings is 1. The third-order valence-electron chi connectivity index (χ3n) is 3.96. The molecular weight excluding hydrogens is 314 g/mol. The molecule has 1 unspecified atom stereocenters. The first-order valence-corrected chi connectivity index (χ1v) is 8.30. The number of carbonyl (C=O) groups is 1. The van der Waals surface area contributed by atoms with Gasteiger partial charge < -0.3 is 14.4 Å². The Morgan fingerprint density at radius 2 is 2.26 bits per heavy atom. The van der Waals surface area contributed by atoms with Crippen molar-refractivity contribution in [1.29, 1.82) is 0 Å². The maximum atomic E-state index is 12.6. The number of amides is 2. The highest BCUT2D eigenvalue weighted by molar-refractivity contribution is 7.13. The van der Waals surface area contributed by atoms with Crippen molar-refractivity contribution in [3.05, 3.63) is 35.3 Å². The predicted molar refractivity (Wildman–Crippen MR) is 89.4 cm³/mol. The van der Waals surface area contributed by atoms with Gasteiger partial charge in [-0.2, -0.15) is 0 Å². The van der Waals surface area contributed by atoms with E-state index in [9.17, 15) is 4.79 Å². The Kier molecular flexibility index (Phi) is 4.66. The van der Waals surface area contributed by atoms with Crippen molar-refractivity contribution in [1.82, 2.24) is 9.88 Å². The number of urea groups is 1. The van der Waals surface area contributed by atoms with Crippen LogP contribution in [0.25, 0.3) is 0 Å². The van der Waals surface area contributed by atoms with Gasteiger partial charge in [0.2, 0.25) is 0 Å². The number of nitrogens with one attached hydrogen (secondary N) is 1. The number of anilines is 1. The second-order valence-corrected chi connectivity index (χ2v) is 6.12. The number of ether oxygens (including phenoxy) is 2. The van der Waals surface area contributed by atoms with E-state index in [-0.39, 0.29) is 12.1 Å². The van der Waals surface area contributed by atoms with Crippen LogP contribution in [-0.4, -0.2) is 36.7 Å². The third kappa shape index (κ3) is 3.24. The van der Waals surface area contributed by atoms with Crippen LogP contribution in [-0.2, 0) is 0 Å². The van der Waals surface area contributed by atoms with Gasteiger partial charge in [0.05, 0.1) is 20.3 Å². The number of hydrogen-bond acceptors (Lipinski definition) is 5. The lowest BCUT2D eigenvalue weighted by Crippen LogP contribution is -2.34. The van der Waals surface area contributed by atoms with Crippen LogP contribution < -0.4 is 14.8 Å². The van der Waals surface area contributed by atoms with Gasteiger partial charge in [-0.3, -0.25) is 5.32 Å². The number of hydrogen-bond donors (Lipinski definition) is 1. The number of likely N-dealkylation sites (tertiary alicyclic amines) is 1. The lowest BCUT2D eigenvalue weighted by molar-refractivity contribution is 0.206. The highest BCUT2D eigenvalue weighted by atomic mass is 32.1. The molecule has 0 radical (unpaired) electrons. The highest BCUT2D eigenvalue weighted by Gasteiger charge is 2.32. The summed E-state index contributed by atoms with van der Waals surface area (Å²) in [5.74, 6) is 1.53. The summed E-state index contributed by atoms with van der Waals surface area (Å²) in [7, 11) is 3.27. The predicted octanol–water partition coefficient (Wildman–Crippen LogP) is 3.53. The monoisotopic (exact) mass is 333 g/mol. The fraction of sp³-hybridized carbons (Fsp3) is 0.375. The number of aromatic nitrogens is 1. The molecule has 2 amide bonds. The van der Waals surface area contributed by atoms with Crippen molar-refractivity contribution in [3.63, 3.8) is 0 Å². The van der Waals surface area contributed by atoms with Gasteiger partial charge in [0.25, 0.3) is 0 Å². The van der Waals surface area contributed by atoms with Crippen LogP contribution in [0.4, 0.5) is 9.93 Å². The molecule has 6 nitrogen and oxygen atoms in total.